The summed E-state index contributed by atoms with van der Waals surface area (Å²) in [6.45, 7) is 5.08. The van der Waals surface area contributed by atoms with E-state index in [4.69, 9.17) is 9.47 Å². The van der Waals surface area contributed by atoms with E-state index in [2.05, 4.69) is 20.6 Å². The number of nitrogens with one attached hydrogen (secondary N) is 1. The average molecular weight is 376 g/mol. The number of carbonyl (C=O) groups is 1. The Morgan fingerprint density at radius 3 is 2.65 bits per heavy atom. The van der Waals surface area contributed by atoms with Crippen LogP contribution in [0.5, 0.6) is 11.5 Å². The first kappa shape index (κ1) is 18.3. The third-order valence-corrected chi connectivity index (χ3v) is 5.31. The number of ether oxygens (including phenoxy) is 2. The van der Waals surface area contributed by atoms with Crippen LogP contribution in [-0.2, 0) is 0 Å². The Morgan fingerprint density at radius 2 is 1.96 bits per heavy atom. The second-order valence-corrected chi connectivity index (χ2v) is 6.94. The van der Waals surface area contributed by atoms with Crippen LogP contribution in [0.3, 0.4) is 0 Å². The Kier molecular flexibility index (Phi) is 5.82. The van der Waals surface area contributed by atoms with Gasteiger partial charge in [-0.05, 0) is 25.5 Å². The highest BCUT2D eigenvalue weighted by Crippen LogP contribution is 2.30. The van der Waals surface area contributed by atoms with Crippen LogP contribution in [0.15, 0.2) is 23.6 Å². The molecule has 2 amide bonds. The Labute approximate surface area is 157 Å². The van der Waals surface area contributed by atoms with Gasteiger partial charge in [-0.2, -0.15) is 0 Å². The van der Waals surface area contributed by atoms with Crippen molar-refractivity contribution < 1.29 is 14.3 Å². The van der Waals surface area contributed by atoms with Crippen molar-refractivity contribution in [2.75, 3.05) is 50.6 Å². The van der Waals surface area contributed by atoms with Crippen molar-refractivity contribution in [2.24, 2.45) is 0 Å². The van der Waals surface area contributed by atoms with E-state index >= 15 is 0 Å². The summed E-state index contributed by atoms with van der Waals surface area (Å²) in [6.07, 6.45) is 0.915. The first-order chi connectivity index (χ1) is 12.6. The summed E-state index contributed by atoms with van der Waals surface area (Å²) >= 11 is 1.66. The summed E-state index contributed by atoms with van der Waals surface area (Å²) in [6, 6.07) is 5.25. The van der Waals surface area contributed by atoms with Gasteiger partial charge in [0.05, 0.1) is 19.9 Å². The van der Waals surface area contributed by atoms with Gasteiger partial charge in [-0.1, -0.05) is 0 Å². The number of amides is 2. The van der Waals surface area contributed by atoms with E-state index in [1.54, 1.807) is 37.7 Å². The third-order valence-electron chi connectivity index (χ3n) is 4.30. The molecular weight excluding hydrogens is 352 g/mol. The number of anilines is 2. The molecule has 1 aliphatic heterocycles. The molecule has 1 saturated heterocycles. The molecule has 0 saturated carbocycles. The van der Waals surface area contributed by atoms with Gasteiger partial charge < -0.3 is 24.6 Å². The number of aryl methyl sites for hydroxylation is 1. The molecule has 140 valence electrons. The summed E-state index contributed by atoms with van der Waals surface area (Å²) in [5.41, 5.74) is 1.72. The number of methoxy groups -OCH3 is 2. The molecule has 1 aromatic heterocycles. The van der Waals surface area contributed by atoms with Gasteiger partial charge >= 0.3 is 6.03 Å². The van der Waals surface area contributed by atoms with E-state index in [1.165, 1.54) is 0 Å². The zero-order valence-electron chi connectivity index (χ0n) is 15.3. The van der Waals surface area contributed by atoms with Gasteiger partial charge in [-0.25, -0.2) is 9.78 Å². The molecule has 0 aliphatic carbocycles. The summed E-state index contributed by atoms with van der Waals surface area (Å²) in [5, 5.41) is 6.03. The second-order valence-electron chi connectivity index (χ2n) is 6.10. The van der Waals surface area contributed by atoms with Crippen molar-refractivity contribution in [1.82, 2.24) is 9.88 Å². The molecule has 0 spiro atoms. The molecule has 0 unspecified atom stereocenters. The topological polar surface area (TPSA) is 66.9 Å². The predicted octanol–water partition coefficient (Wildman–Crippen LogP) is 3.21. The fourth-order valence-corrected chi connectivity index (χ4v) is 3.77. The number of aromatic nitrogens is 1. The van der Waals surface area contributed by atoms with E-state index in [0.717, 1.165) is 36.9 Å². The van der Waals surface area contributed by atoms with Crippen LogP contribution in [0.2, 0.25) is 0 Å². The van der Waals surface area contributed by atoms with Crippen LogP contribution in [0.25, 0.3) is 0 Å². The molecule has 3 rings (SSSR count). The molecule has 2 heterocycles. The van der Waals surface area contributed by atoms with E-state index in [-0.39, 0.29) is 6.03 Å². The Bertz CT molecular complexity index is 765. The maximum absolute atomic E-state index is 12.6. The monoisotopic (exact) mass is 376 g/mol. The predicted molar refractivity (Wildman–Crippen MR) is 104 cm³/mol. The lowest BCUT2D eigenvalue weighted by molar-refractivity contribution is 0.215. The lowest BCUT2D eigenvalue weighted by atomic mass is 10.2. The number of benzene rings is 1. The Balaban J connectivity index is 1.61. The van der Waals surface area contributed by atoms with Gasteiger partial charge in [0.15, 0.2) is 16.6 Å². The number of urea groups is 1. The van der Waals surface area contributed by atoms with Crippen molar-refractivity contribution >= 4 is 28.2 Å². The number of carbonyl (C=O) groups excluding carboxylic acids is 1. The number of thiazole rings is 1. The molecule has 7 nitrogen and oxygen atoms in total. The fraction of sp³-hybridized carbons (Fsp3) is 0.444. The van der Waals surface area contributed by atoms with Crippen molar-refractivity contribution in [3.8, 4) is 11.5 Å². The maximum Gasteiger partial charge on any atom is 0.321 e. The normalized spacial score (nSPS) is 14.7. The molecule has 1 aromatic carbocycles. The molecule has 1 fully saturated rings. The van der Waals surface area contributed by atoms with E-state index < -0.39 is 0 Å². The minimum Gasteiger partial charge on any atom is -0.493 e. The summed E-state index contributed by atoms with van der Waals surface area (Å²) in [4.78, 5) is 21.3. The highest BCUT2D eigenvalue weighted by molar-refractivity contribution is 7.13. The summed E-state index contributed by atoms with van der Waals surface area (Å²) < 4.78 is 10.5. The summed E-state index contributed by atoms with van der Waals surface area (Å²) in [7, 11) is 3.16. The van der Waals surface area contributed by atoms with E-state index in [1.807, 2.05) is 17.9 Å². The minimum absolute atomic E-state index is 0.102. The quantitative estimate of drug-likeness (QED) is 0.887. The lowest BCUT2D eigenvalue weighted by Gasteiger charge is -2.22. The average Bonchev–Trinajstić information content (AvgIpc) is 2.93. The number of rotatable bonds is 4. The maximum atomic E-state index is 12.6. The number of nitrogens with zero attached hydrogens (tertiary/aromatic N) is 3. The largest absolute Gasteiger partial charge is 0.493 e. The van der Waals surface area contributed by atoms with Gasteiger partial charge in [0, 0.05) is 43.3 Å². The van der Waals surface area contributed by atoms with Crippen LogP contribution in [-0.4, -0.2) is 56.3 Å². The molecule has 1 N–H and O–H groups in total. The van der Waals surface area contributed by atoms with Crippen LogP contribution in [0.1, 0.15) is 12.1 Å². The third kappa shape index (κ3) is 4.19. The zero-order valence-corrected chi connectivity index (χ0v) is 16.1. The smallest absolute Gasteiger partial charge is 0.321 e. The van der Waals surface area contributed by atoms with Crippen molar-refractivity contribution in [3.05, 3.63) is 29.3 Å². The standard InChI is InChI=1S/C18H24N4O3S/c1-13-12-26-18(19-13)22-8-4-7-21(9-10-22)17(23)20-14-5-6-15(24-2)16(11-14)25-3/h5-6,11-12H,4,7-10H2,1-3H3,(H,20,23). The molecule has 1 aliphatic rings. The molecule has 0 bridgehead atoms. The molecule has 8 heteroatoms. The van der Waals surface area contributed by atoms with Crippen molar-refractivity contribution in [3.63, 3.8) is 0 Å². The van der Waals surface area contributed by atoms with Crippen LogP contribution >= 0.6 is 11.3 Å². The fourth-order valence-electron chi connectivity index (χ4n) is 2.92. The highest BCUT2D eigenvalue weighted by Gasteiger charge is 2.21. The van der Waals surface area contributed by atoms with Crippen LogP contribution < -0.4 is 19.7 Å². The van der Waals surface area contributed by atoms with Crippen molar-refractivity contribution in [1.29, 1.82) is 0 Å². The van der Waals surface area contributed by atoms with Gasteiger partial charge in [-0.15, -0.1) is 11.3 Å². The van der Waals surface area contributed by atoms with Crippen LogP contribution in [0, 0.1) is 6.92 Å². The molecule has 26 heavy (non-hydrogen) atoms. The second kappa shape index (κ2) is 8.27. The Hall–Kier alpha value is -2.48. The zero-order chi connectivity index (χ0) is 18.5. The number of hydrogen-bond acceptors (Lipinski definition) is 6. The van der Waals surface area contributed by atoms with Crippen molar-refractivity contribution in [2.45, 2.75) is 13.3 Å². The lowest BCUT2D eigenvalue weighted by Crippen LogP contribution is -2.38. The Morgan fingerprint density at radius 1 is 1.15 bits per heavy atom. The molecule has 2 aromatic rings. The first-order valence-electron chi connectivity index (χ1n) is 8.55. The van der Waals surface area contributed by atoms with Gasteiger partial charge in [0.1, 0.15) is 0 Å². The molecular formula is C18H24N4O3S. The highest BCUT2D eigenvalue weighted by atomic mass is 32.1. The van der Waals surface area contributed by atoms with E-state index in [9.17, 15) is 4.79 Å². The van der Waals surface area contributed by atoms with Gasteiger partial charge in [-0.3, -0.25) is 0 Å². The first-order valence-corrected chi connectivity index (χ1v) is 9.43. The SMILES string of the molecule is COc1ccc(NC(=O)N2CCCN(c3nc(C)cs3)CC2)cc1OC. The van der Waals surface area contributed by atoms with Crippen LogP contribution in [0.4, 0.5) is 15.6 Å². The van der Waals surface area contributed by atoms with Gasteiger partial charge in [0.25, 0.3) is 0 Å². The number of hydrogen-bond donors (Lipinski definition) is 1. The summed E-state index contributed by atoms with van der Waals surface area (Å²) in [5.74, 6) is 1.22. The minimum atomic E-state index is -0.102. The van der Waals surface area contributed by atoms with Gasteiger partial charge in [0.2, 0.25) is 0 Å². The molecule has 0 atom stereocenters. The van der Waals surface area contributed by atoms with E-state index in [0.29, 0.717) is 23.7 Å². The molecule has 0 radical (unpaired) electrons.